The maximum Gasteiger partial charge on any atom is 0.305 e. The third kappa shape index (κ3) is 20.1. The molecule has 0 aromatic carbocycles. The summed E-state index contributed by atoms with van der Waals surface area (Å²) in [6.45, 7) is 4.42. The maximum atomic E-state index is 10.2. The van der Waals surface area contributed by atoms with Crippen LogP contribution in [0.5, 0.6) is 0 Å². The highest BCUT2D eigenvalue weighted by Gasteiger charge is 1.97. The Kier molecular flexibility index (Phi) is 16.6. The minimum Gasteiger partial charge on any atom is -0.550 e. The zero-order valence-corrected chi connectivity index (χ0v) is 11.7. The molecule has 0 saturated carbocycles. The number of carboxylic acids is 1. The molecule has 0 amide bonds. The van der Waals surface area contributed by atoms with Crippen LogP contribution in [-0.4, -0.2) is 19.0 Å². The van der Waals surface area contributed by atoms with E-state index in [0.29, 0.717) is 0 Å². The van der Waals surface area contributed by atoms with Gasteiger partial charge in [-0.15, -0.1) is 0 Å². The number of carbonyl (C=O) groups excluding carboxylic acids is 2. The number of carbonyl (C=O) groups is 2. The molecule has 0 bridgehead atoms. The Hall–Kier alpha value is -1.32. The predicted octanol–water partition coefficient (Wildman–Crippen LogP) is 2.22. The van der Waals surface area contributed by atoms with Crippen LogP contribution in [0, 0.1) is 0 Å². The second kappa shape index (κ2) is 15.7. The van der Waals surface area contributed by atoms with E-state index < -0.39 is 11.9 Å². The second-order valence-corrected chi connectivity index (χ2v) is 3.82. The molecule has 0 saturated heterocycles. The van der Waals surface area contributed by atoms with Gasteiger partial charge in [0.25, 0.3) is 0 Å². The summed E-state index contributed by atoms with van der Waals surface area (Å²) in [6, 6.07) is 0. The largest absolute Gasteiger partial charge is 0.550 e. The van der Waals surface area contributed by atoms with Gasteiger partial charge in [-0.25, -0.2) is 0 Å². The van der Waals surface area contributed by atoms with E-state index in [0.717, 1.165) is 0 Å². The number of allylic oxidation sites excluding steroid dienone is 2. The zero-order chi connectivity index (χ0) is 14.2. The van der Waals surface area contributed by atoms with Gasteiger partial charge in [0.15, 0.2) is 0 Å². The summed E-state index contributed by atoms with van der Waals surface area (Å²) in [5.41, 5.74) is 0. The molecule has 0 rings (SSSR count). The van der Waals surface area contributed by atoms with Gasteiger partial charge >= 0.3 is 5.97 Å². The normalized spacial score (nSPS) is 9.72. The van der Waals surface area contributed by atoms with Crippen molar-refractivity contribution in [2.45, 2.75) is 58.8 Å². The lowest BCUT2D eigenvalue weighted by Gasteiger charge is -1.98. The molecule has 0 radical (unpaired) electrons. The van der Waals surface area contributed by atoms with Gasteiger partial charge in [0.05, 0.1) is 13.5 Å². The van der Waals surface area contributed by atoms with Crippen molar-refractivity contribution in [1.82, 2.24) is 0 Å². The van der Waals surface area contributed by atoms with Crippen LogP contribution in [0.1, 0.15) is 58.8 Å². The first-order valence-corrected chi connectivity index (χ1v) is 6.50. The first-order chi connectivity index (χ1) is 8.58. The number of carboxylic acid groups (broad SMARTS) is 1. The Morgan fingerprint density at radius 3 is 2.22 bits per heavy atom. The molecule has 4 nitrogen and oxygen atoms in total. The molecule has 18 heavy (non-hydrogen) atoms. The van der Waals surface area contributed by atoms with E-state index in [1.165, 1.54) is 39.2 Å². The molecule has 0 fully saturated rings. The van der Waals surface area contributed by atoms with Gasteiger partial charge in [0.2, 0.25) is 0 Å². The van der Waals surface area contributed by atoms with E-state index in [4.69, 9.17) is 0 Å². The van der Waals surface area contributed by atoms with E-state index >= 15 is 0 Å². The van der Waals surface area contributed by atoms with Crippen LogP contribution in [0.2, 0.25) is 0 Å². The molecule has 0 aromatic heterocycles. The van der Waals surface area contributed by atoms with Crippen LogP contribution in [0.3, 0.4) is 0 Å². The van der Waals surface area contributed by atoms with Gasteiger partial charge in [-0.2, -0.15) is 0 Å². The quantitative estimate of drug-likeness (QED) is 0.380. The Morgan fingerprint density at radius 1 is 1.11 bits per heavy atom. The highest BCUT2D eigenvalue weighted by Crippen LogP contribution is 1.99. The topological polar surface area (TPSA) is 66.4 Å². The third-order valence-corrected chi connectivity index (χ3v) is 2.14. The van der Waals surface area contributed by atoms with Crippen LogP contribution in [0.25, 0.3) is 0 Å². The van der Waals surface area contributed by atoms with E-state index in [1.54, 1.807) is 0 Å². The summed E-state index contributed by atoms with van der Waals surface area (Å²) in [7, 11) is 1.21. The standard InChI is InChI=1S/C9H18.C5H8O4/c1-3-5-7-9-8-6-4-2;1-9-5(8)3-2-4(6)7/h5,7H,3-4,6,8-9H2,1-2H3;2-3H2,1H3,(H,6,7)/p-1/b7-5+;. The van der Waals surface area contributed by atoms with Gasteiger partial charge in [-0.05, 0) is 25.7 Å². The summed E-state index contributed by atoms with van der Waals surface area (Å²) in [4.78, 5) is 19.9. The summed E-state index contributed by atoms with van der Waals surface area (Å²) in [5.74, 6) is -1.76. The lowest BCUT2D eigenvalue weighted by Crippen LogP contribution is -2.22. The lowest BCUT2D eigenvalue weighted by atomic mass is 10.2. The smallest absolute Gasteiger partial charge is 0.305 e. The minimum atomic E-state index is -1.24. The van der Waals surface area contributed by atoms with Crippen LogP contribution in [-0.2, 0) is 14.3 Å². The lowest BCUT2D eigenvalue weighted by molar-refractivity contribution is -0.305. The fourth-order valence-corrected chi connectivity index (χ4v) is 1.10. The van der Waals surface area contributed by atoms with Crippen molar-refractivity contribution >= 4 is 11.9 Å². The number of esters is 1. The number of methoxy groups -OCH3 is 1. The highest BCUT2D eigenvalue weighted by molar-refractivity contribution is 5.75. The summed E-state index contributed by atoms with van der Waals surface area (Å²) < 4.78 is 4.17. The molecular weight excluding hydrogens is 232 g/mol. The second-order valence-electron chi connectivity index (χ2n) is 3.82. The van der Waals surface area contributed by atoms with Crippen molar-refractivity contribution < 1.29 is 19.4 Å². The van der Waals surface area contributed by atoms with E-state index in [2.05, 4.69) is 30.7 Å². The average Bonchev–Trinajstić information content (AvgIpc) is 2.36. The first kappa shape index (κ1) is 19.0. The molecule has 4 heteroatoms. The molecule has 0 aliphatic rings. The van der Waals surface area contributed by atoms with Crippen molar-refractivity contribution in [3.8, 4) is 0 Å². The summed E-state index contributed by atoms with van der Waals surface area (Å²) >= 11 is 0. The van der Waals surface area contributed by atoms with Gasteiger partial charge < -0.3 is 14.6 Å². The Morgan fingerprint density at radius 2 is 1.78 bits per heavy atom. The zero-order valence-electron chi connectivity index (χ0n) is 11.7. The molecule has 0 heterocycles. The number of hydrogen-bond acceptors (Lipinski definition) is 4. The Labute approximate surface area is 110 Å². The summed E-state index contributed by atoms with van der Waals surface area (Å²) in [6.07, 6.45) is 10.7. The van der Waals surface area contributed by atoms with Crippen LogP contribution in [0.4, 0.5) is 0 Å². The van der Waals surface area contributed by atoms with Crippen molar-refractivity contribution in [3.63, 3.8) is 0 Å². The SMILES string of the molecule is CC/C=C/CCCCC.COC(=O)CCC(=O)[O-]. The van der Waals surface area contributed by atoms with Crippen LogP contribution < -0.4 is 5.11 Å². The Bertz CT molecular complexity index is 234. The van der Waals surface area contributed by atoms with E-state index in [-0.39, 0.29) is 12.8 Å². The fraction of sp³-hybridized carbons (Fsp3) is 0.714. The van der Waals surface area contributed by atoms with Gasteiger partial charge in [-0.1, -0.05) is 38.8 Å². The number of aliphatic carboxylic acids is 1. The fourth-order valence-electron chi connectivity index (χ4n) is 1.10. The van der Waals surface area contributed by atoms with E-state index in [1.807, 2.05) is 0 Å². The molecule has 0 atom stereocenters. The van der Waals surface area contributed by atoms with Crippen LogP contribution in [0.15, 0.2) is 12.2 Å². The van der Waals surface area contributed by atoms with Crippen molar-refractivity contribution in [2.24, 2.45) is 0 Å². The van der Waals surface area contributed by atoms with E-state index in [9.17, 15) is 14.7 Å². The third-order valence-electron chi connectivity index (χ3n) is 2.14. The molecule has 106 valence electrons. The highest BCUT2D eigenvalue weighted by atomic mass is 16.5. The van der Waals surface area contributed by atoms with Gasteiger partial charge in [0.1, 0.15) is 0 Å². The monoisotopic (exact) mass is 257 g/mol. The van der Waals surface area contributed by atoms with Gasteiger partial charge in [0, 0.05) is 5.97 Å². The number of hydrogen-bond donors (Lipinski definition) is 0. The van der Waals surface area contributed by atoms with Crippen molar-refractivity contribution in [3.05, 3.63) is 12.2 Å². The minimum absolute atomic E-state index is 0.112. The molecule has 0 aromatic rings. The number of ether oxygens (including phenoxy) is 1. The summed E-state index contributed by atoms with van der Waals surface area (Å²) in [5, 5.41) is 9.70. The maximum absolute atomic E-state index is 10.2. The molecule has 0 N–H and O–H groups in total. The van der Waals surface area contributed by atoms with Gasteiger partial charge in [-0.3, -0.25) is 4.79 Å². The molecular formula is C14H25O4-. The molecule has 0 unspecified atom stereocenters. The Balaban J connectivity index is 0. The van der Waals surface area contributed by atoms with Crippen LogP contribution >= 0.6 is 0 Å². The first-order valence-electron chi connectivity index (χ1n) is 6.50. The molecule has 0 aliphatic carbocycles. The number of unbranched alkanes of at least 4 members (excludes halogenated alkanes) is 3. The average molecular weight is 257 g/mol. The number of rotatable bonds is 8. The molecule has 0 spiro atoms. The predicted molar refractivity (Wildman–Crippen MR) is 69.8 cm³/mol. The van der Waals surface area contributed by atoms with Crippen molar-refractivity contribution in [1.29, 1.82) is 0 Å². The molecule has 0 aliphatic heterocycles. The van der Waals surface area contributed by atoms with Crippen molar-refractivity contribution in [2.75, 3.05) is 7.11 Å².